The average Bonchev–Trinajstić information content (AvgIpc) is 2.79. The summed E-state index contributed by atoms with van der Waals surface area (Å²) in [6.07, 6.45) is 5.81. The van der Waals surface area contributed by atoms with E-state index in [4.69, 9.17) is 18.9 Å². The molecule has 1 aliphatic rings. The van der Waals surface area contributed by atoms with Gasteiger partial charge in [-0.3, -0.25) is 0 Å². The van der Waals surface area contributed by atoms with Crippen LogP contribution in [0.25, 0.3) is 0 Å². The molecular formula is C26H34O5. The molecule has 1 aliphatic heterocycles. The number of hydrogen-bond acceptors (Lipinski definition) is 5. The second kappa shape index (κ2) is 11.4. The van der Waals surface area contributed by atoms with Crippen LogP contribution in [-0.2, 0) is 31.2 Å². The van der Waals surface area contributed by atoms with Gasteiger partial charge in [0.15, 0.2) is 11.9 Å². The fourth-order valence-electron chi connectivity index (χ4n) is 3.88. The number of carbonyl (C=O) groups is 1. The molecule has 2 aromatic carbocycles. The van der Waals surface area contributed by atoms with Gasteiger partial charge in [0.2, 0.25) is 0 Å². The third-order valence-corrected chi connectivity index (χ3v) is 5.66. The Morgan fingerprint density at radius 1 is 1.06 bits per heavy atom. The number of ether oxygens (including phenoxy) is 4. The Morgan fingerprint density at radius 2 is 1.81 bits per heavy atom. The molecule has 1 saturated heterocycles. The van der Waals surface area contributed by atoms with E-state index in [0.717, 1.165) is 30.4 Å². The normalized spacial score (nSPS) is 16.6. The van der Waals surface area contributed by atoms with Crippen molar-refractivity contribution >= 4 is 5.97 Å². The number of rotatable bonds is 10. The zero-order valence-electron chi connectivity index (χ0n) is 18.9. The van der Waals surface area contributed by atoms with Crippen LogP contribution in [0.1, 0.15) is 68.7 Å². The van der Waals surface area contributed by atoms with E-state index >= 15 is 0 Å². The molecule has 2 aromatic rings. The number of carbonyl (C=O) groups excluding carboxylic acids is 1. The SMILES string of the molecule is CCCCCCc1ccc(OC(=O)C(OC)c2ccccc2)c(C2(C)OCCCO2)c1. The number of methoxy groups -OCH3 is 1. The van der Waals surface area contributed by atoms with Gasteiger partial charge in [-0.1, -0.05) is 62.6 Å². The molecule has 31 heavy (non-hydrogen) atoms. The lowest BCUT2D eigenvalue weighted by molar-refractivity contribution is -0.265. The van der Waals surface area contributed by atoms with E-state index in [1.807, 2.05) is 49.4 Å². The molecular weight excluding hydrogens is 392 g/mol. The molecule has 1 heterocycles. The molecule has 0 N–H and O–H groups in total. The largest absolute Gasteiger partial charge is 0.424 e. The van der Waals surface area contributed by atoms with Gasteiger partial charge in [-0.05, 0) is 49.4 Å². The van der Waals surface area contributed by atoms with Crippen molar-refractivity contribution < 1.29 is 23.7 Å². The summed E-state index contributed by atoms with van der Waals surface area (Å²) in [5, 5.41) is 0. The summed E-state index contributed by atoms with van der Waals surface area (Å²) in [5.74, 6) is -0.961. The van der Waals surface area contributed by atoms with E-state index in [1.54, 1.807) is 0 Å². The van der Waals surface area contributed by atoms with Crippen LogP contribution in [0.2, 0.25) is 0 Å². The van der Waals surface area contributed by atoms with E-state index in [0.29, 0.717) is 19.0 Å². The second-order valence-electron chi connectivity index (χ2n) is 8.08. The first-order chi connectivity index (χ1) is 15.1. The van der Waals surface area contributed by atoms with Crippen molar-refractivity contribution in [2.45, 2.75) is 64.3 Å². The lowest BCUT2D eigenvalue weighted by Gasteiger charge is -2.35. The molecule has 1 unspecified atom stereocenters. The topological polar surface area (TPSA) is 54.0 Å². The molecule has 0 radical (unpaired) electrons. The van der Waals surface area contributed by atoms with Gasteiger partial charge in [0.25, 0.3) is 0 Å². The fourth-order valence-corrected chi connectivity index (χ4v) is 3.88. The van der Waals surface area contributed by atoms with Crippen LogP contribution in [-0.4, -0.2) is 26.3 Å². The van der Waals surface area contributed by atoms with Crippen LogP contribution in [0.5, 0.6) is 5.75 Å². The van der Waals surface area contributed by atoms with Crippen LogP contribution >= 0.6 is 0 Å². The maximum atomic E-state index is 13.0. The summed E-state index contributed by atoms with van der Waals surface area (Å²) >= 11 is 0. The second-order valence-corrected chi connectivity index (χ2v) is 8.08. The van der Waals surface area contributed by atoms with Crippen molar-refractivity contribution in [1.82, 2.24) is 0 Å². The van der Waals surface area contributed by atoms with Gasteiger partial charge in [-0.15, -0.1) is 0 Å². The summed E-state index contributed by atoms with van der Waals surface area (Å²) < 4.78 is 23.3. The van der Waals surface area contributed by atoms with Crippen LogP contribution in [0.15, 0.2) is 48.5 Å². The summed E-state index contributed by atoms with van der Waals surface area (Å²) in [4.78, 5) is 13.0. The number of hydrogen-bond donors (Lipinski definition) is 0. The standard InChI is InChI=1S/C26H34O5/c1-4-5-6-8-12-20-15-16-23(22(19-20)26(2)29-17-11-18-30-26)31-25(27)24(28-3)21-13-9-7-10-14-21/h7,9-10,13-16,19,24H,4-6,8,11-12,17-18H2,1-3H3. The highest BCUT2D eigenvalue weighted by atomic mass is 16.7. The minimum absolute atomic E-state index is 0.449. The third kappa shape index (κ3) is 6.16. The third-order valence-electron chi connectivity index (χ3n) is 5.66. The number of benzene rings is 2. The average molecular weight is 427 g/mol. The lowest BCUT2D eigenvalue weighted by atomic mass is 9.98. The van der Waals surface area contributed by atoms with Gasteiger partial charge >= 0.3 is 5.97 Å². The number of aryl methyl sites for hydroxylation is 1. The number of esters is 1. The van der Waals surface area contributed by atoms with Crippen LogP contribution in [0.4, 0.5) is 0 Å². The lowest BCUT2D eigenvalue weighted by Crippen LogP contribution is -2.36. The van der Waals surface area contributed by atoms with Gasteiger partial charge in [0, 0.05) is 7.11 Å². The van der Waals surface area contributed by atoms with Crippen molar-refractivity contribution in [2.24, 2.45) is 0 Å². The van der Waals surface area contributed by atoms with Crippen molar-refractivity contribution in [3.8, 4) is 5.75 Å². The molecule has 5 heteroatoms. The molecule has 0 amide bonds. The highest BCUT2D eigenvalue weighted by molar-refractivity contribution is 5.79. The fraction of sp³-hybridized carbons (Fsp3) is 0.500. The van der Waals surface area contributed by atoms with Crippen molar-refractivity contribution in [2.75, 3.05) is 20.3 Å². The van der Waals surface area contributed by atoms with E-state index in [-0.39, 0.29) is 0 Å². The Balaban J connectivity index is 1.84. The van der Waals surface area contributed by atoms with E-state index in [1.165, 1.54) is 31.9 Å². The van der Waals surface area contributed by atoms with Crippen molar-refractivity contribution in [3.63, 3.8) is 0 Å². The zero-order valence-corrected chi connectivity index (χ0v) is 18.9. The van der Waals surface area contributed by atoms with Crippen LogP contribution < -0.4 is 4.74 Å². The van der Waals surface area contributed by atoms with Crippen LogP contribution in [0, 0.1) is 0 Å². The van der Waals surface area contributed by atoms with Gasteiger partial charge in [0.1, 0.15) is 5.75 Å². The van der Waals surface area contributed by atoms with E-state index in [9.17, 15) is 4.79 Å². The van der Waals surface area contributed by atoms with Gasteiger partial charge < -0.3 is 18.9 Å². The van der Waals surface area contributed by atoms with Crippen molar-refractivity contribution in [1.29, 1.82) is 0 Å². The molecule has 0 spiro atoms. The molecule has 1 atom stereocenters. The quantitative estimate of drug-likeness (QED) is 0.277. The first kappa shape index (κ1) is 23.5. The Bertz CT molecular complexity index is 827. The Labute approximate surface area is 185 Å². The number of unbranched alkanes of at least 4 members (excludes halogenated alkanes) is 3. The molecule has 0 aromatic heterocycles. The molecule has 168 valence electrons. The molecule has 0 aliphatic carbocycles. The van der Waals surface area contributed by atoms with Crippen LogP contribution in [0.3, 0.4) is 0 Å². The van der Waals surface area contributed by atoms with Gasteiger partial charge in [0.05, 0.1) is 18.8 Å². The smallest absolute Gasteiger partial charge is 0.345 e. The minimum Gasteiger partial charge on any atom is -0.424 e. The molecule has 0 bridgehead atoms. The highest BCUT2D eigenvalue weighted by Crippen LogP contribution is 2.38. The minimum atomic E-state index is -0.942. The molecule has 3 rings (SSSR count). The summed E-state index contributed by atoms with van der Waals surface area (Å²) in [7, 11) is 1.51. The molecule has 1 fully saturated rings. The first-order valence-corrected chi connectivity index (χ1v) is 11.3. The summed E-state index contributed by atoms with van der Waals surface area (Å²) in [6.45, 7) is 5.32. The van der Waals surface area contributed by atoms with Crippen molar-refractivity contribution in [3.05, 3.63) is 65.2 Å². The predicted molar refractivity (Wildman–Crippen MR) is 120 cm³/mol. The molecule has 0 saturated carbocycles. The first-order valence-electron chi connectivity index (χ1n) is 11.3. The maximum Gasteiger partial charge on any atom is 0.345 e. The Hall–Kier alpha value is -2.21. The van der Waals surface area contributed by atoms with Gasteiger partial charge in [-0.2, -0.15) is 0 Å². The molecule has 5 nitrogen and oxygen atoms in total. The monoisotopic (exact) mass is 426 g/mol. The maximum absolute atomic E-state index is 13.0. The Morgan fingerprint density at radius 3 is 2.48 bits per heavy atom. The van der Waals surface area contributed by atoms with E-state index in [2.05, 4.69) is 13.0 Å². The summed E-state index contributed by atoms with van der Waals surface area (Å²) in [6, 6.07) is 15.3. The van der Waals surface area contributed by atoms with E-state index < -0.39 is 17.9 Å². The Kier molecular flexibility index (Phi) is 8.64. The highest BCUT2D eigenvalue weighted by Gasteiger charge is 2.36. The predicted octanol–water partition coefficient (Wildman–Crippen LogP) is 5.71. The summed E-state index contributed by atoms with van der Waals surface area (Å²) in [5.41, 5.74) is 2.69. The van der Waals surface area contributed by atoms with Gasteiger partial charge in [-0.25, -0.2) is 4.79 Å². The zero-order chi connectivity index (χ0) is 22.1.